The van der Waals surface area contributed by atoms with Crippen LogP contribution in [0.3, 0.4) is 0 Å². The molecule has 0 fully saturated rings. The number of hydrazine groups is 1. The average molecular weight is 287 g/mol. The third-order valence-corrected chi connectivity index (χ3v) is 2.32. The van der Waals surface area contributed by atoms with Crippen LogP contribution in [0.2, 0.25) is 0 Å². The average Bonchev–Trinajstić information content (AvgIpc) is 2.47. The number of primary amides is 1. The number of benzene rings is 2. The summed E-state index contributed by atoms with van der Waals surface area (Å²) in [7, 11) is 0. The fourth-order valence-electron chi connectivity index (χ4n) is 1.43. The molecule has 0 saturated heterocycles. The SMILES string of the molecule is NC(=O)Nc1cccc(N)c1.NNC(=O)c1ccccc1. The second kappa shape index (κ2) is 8.18. The molecule has 0 spiro atoms. The maximum Gasteiger partial charge on any atom is 0.316 e. The van der Waals surface area contributed by atoms with Gasteiger partial charge in [0.15, 0.2) is 0 Å². The van der Waals surface area contributed by atoms with Crippen LogP contribution in [0.4, 0.5) is 16.2 Å². The first-order valence-electron chi connectivity index (χ1n) is 6.01. The molecule has 0 aliphatic heterocycles. The van der Waals surface area contributed by atoms with E-state index in [1.165, 1.54) is 0 Å². The van der Waals surface area contributed by atoms with Crippen molar-refractivity contribution in [1.29, 1.82) is 0 Å². The first-order chi connectivity index (χ1) is 10.0. The molecule has 0 bridgehead atoms. The lowest BCUT2D eigenvalue weighted by atomic mass is 10.2. The van der Waals surface area contributed by atoms with Gasteiger partial charge in [-0.25, -0.2) is 10.6 Å². The number of hydrogen-bond acceptors (Lipinski definition) is 4. The molecule has 0 heterocycles. The largest absolute Gasteiger partial charge is 0.399 e. The lowest BCUT2D eigenvalue weighted by Crippen LogP contribution is -2.29. The summed E-state index contributed by atoms with van der Waals surface area (Å²) in [6, 6.07) is 15.0. The smallest absolute Gasteiger partial charge is 0.316 e. The van der Waals surface area contributed by atoms with Crippen LogP contribution < -0.4 is 28.1 Å². The van der Waals surface area contributed by atoms with Crippen molar-refractivity contribution in [2.24, 2.45) is 11.6 Å². The maximum atomic E-state index is 10.8. The van der Waals surface area contributed by atoms with Gasteiger partial charge >= 0.3 is 6.03 Å². The van der Waals surface area contributed by atoms with Gasteiger partial charge in [0.05, 0.1) is 0 Å². The summed E-state index contributed by atoms with van der Waals surface area (Å²) in [4.78, 5) is 21.1. The Balaban J connectivity index is 0.000000211. The van der Waals surface area contributed by atoms with E-state index < -0.39 is 6.03 Å². The molecule has 0 saturated carbocycles. The molecular formula is C14H17N5O2. The molecule has 7 nitrogen and oxygen atoms in total. The molecule has 2 aromatic rings. The number of anilines is 2. The van der Waals surface area contributed by atoms with Gasteiger partial charge in [-0.1, -0.05) is 24.3 Å². The molecule has 8 N–H and O–H groups in total. The van der Waals surface area contributed by atoms with Crippen LogP contribution in [0.25, 0.3) is 0 Å². The van der Waals surface area contributed by atoms with Crippen LogP contribution in [-0.2, 0) is 0 Å². The number of carbonyl (C=O) groups excluding carboxylic acids is 2. The number of rotatable bonds is 2. The van der Waals surface area contributed by atoms with Crippen LogP contribution in [0.5, 0.6) is 0 Å². The molecule has 2 rings (SSSR count). The zero-order chi connectivity index (χ0) is 15.7. The fraction of sp³-hybridized carbons (Fsp3) is 0. The molecule has 0 radical (unpaired) electrons. The Labute approximate surface area is 122 Å². The molecule has 0 aliphatic rings. The second-order valence-corrected chi connectivity index (χ2v) is 3.95. The molecular weight excluding hydrogens is 270 g/mol. The number of nitrogens with two attached hydrogens (primary N) is 3. The van der Waals surface area contributed by atoms with E-state index in [1.54, 1.807) is 48.5 Å². The van der Waals surface area contributed by atoms with Gasteiger partial charge in [0.1, 0.15) is 0 Å². The normalized spacial score (nSPS) is 9.00. The van der Waals surface area contributed by atoms with Gasteiger partial charge in [0.2, 0.25) is 0 Å². The predicted octanol–water partition coefficient (Wildman–Crippen LogP) is 1.05. The van der Waals surface area contributed by atoms with Crippen molar-refractivity contribution in [3.8, 4) is 0 Å². The van der Waals surface area contributed by atoms with E-state index in [1.807, 2.05) is 11.5 Å². The number of urea groups is 1. The Hall–Kier alpha value is -3.06. The van der Waals surface area contributed by atoms with Gasteiger partial charge in [-0.2, -0.15) is 0 Å². The van der Waals surface area contributed by atoms with Crippen molar-refractivity contribution in [3.05, 3.63) is 60.2 Å². The summed E-state index contributed by atoms with van der Waals surface area (Å²) in [5.74, 6) is 4.64. The van der Waals surface area contributed by atoms with Gasteiger partial charge in [-0.3, -0.25) is 10.2 Å². The minimum atomic E-state index is -0.587. The summed E-state index contributed by atoms with van der Waals surface area (Å²) in [6.45, 7) is 0. The van der Waals surface area contributed by atoms with Crippen molar-refractivity contribution in [2.75, 3.05) is 11.1 Å². The summed E-state index contributed by atoms with van der Waals surface area (Å²) < 4.78 is 0. The van der Waals surface area contributed by atoms with Gasteiger partial charge in [-0.05, 0) is 30.3 Å². The van der Waals surface area contributed by atoms with Gasteiger partial charge < -0.3 is 16.8 Å². The van der Waals surface area contributed by atoms with Crippen molar-refractivity contribution < 1.29 is 9.59 Å². The van der Waals surface area contributed by atoms with Crippen molar-refractivity contribution >= 4 is 23.3 Å². The number of nitrogen functional groups attached to an aromatic ring is 2. The molecule has 2 aromatic carbocycles. The highest BCUT2D eigenvalue weighted by molar-refractivity contribution is 5.93. The van der Waals surface area contributed by atoms with E-state index in [-0.39, 0.29) is 5.91 Å². The van der Waals surface area contributed by atoms with Gasteiger partial charge in [0, 0.05) is 16.9 Å². The number of carbonyl (C=O) groups is 2. The van der Waals surface area contributed by atoms with E-state index in [9.17, 15) is 9.59 Å². The standard InChI is InChI=1S/C7H9N3O.C7H8N2O/c8-5-2-1-3-6(4-5)10-7(9)11;8-9-7(10)6-4-2-1-3-5-6/h1-4H,8H2,(H3,9,10,11);1-5H,8H2,(H,9,10). The highest BCUT2D eigenvalue weighted by atomic mass is 16.2. The van der Waals surface area contributed by atoms with Gasteiger partial charge in [0.25, 0.3) is 5.91 Å². The van der Waals surface area contributed by atoms with Crippen LogP contribution in [0.15, 0.2) is 54.6 Å². The van der Waals surface area contributed by atoms with Crippen LogP contribution >= 0.6 is 0 Å². The van der Waals surface area contributed by atoms with E-state index in [4.69, 9.17) is 17.3 Å². The predicted molar refractivity (Wildman–Crippen MR) is 82.2 cm³/mol. The van der Waals surface area contributed by atoms with Crippen LogP contribution in [-0.4, -0.2) is 11.9 Å². The minimum absolute atomic E-state index is 0.263. The summed E-state index contributed by atoms with van der Waals surface area (Å²) >= 11 is 0. The number of nitrogens with one attached hydrogen (secondary N) is 2. The quantitative estimate of drug-likeness (QED) is 0.244. The van der Waals surface area contributed by atoms with E-state index in [2.05, 4.69) is 5.32 Å². The lowest BCUT2D eigenvalue weighted by molar-refractivity contribution is 0.0953. The van der Waals surface area contributed by atoms with Crippen LogP contribution in [0, 0.1) is 0 Å². The lowest BCUT2D eigenvalue weighted by Gasteiger charge is -2.00. The molecule has 0 aromatic heterocycles. The van der Waals surface area contributed by atoms with E-state index >= 15 is 0 Å². The first kappa shape index (κ1) is 16.0. The second-order valence-electron chi connectivity index (χ2n) is 3.95. The van der Waals surface area contributed by atoms with E-state index in [0.717, 1.165) is 0 Å². The van der Waals surface area contributed by atoms with E-state index in [0.29, 0.717) is 16.9 Å². The highest BCUT2D eigenvalue weighted by Gasteiger charge is 1.98. The molecule has 3 amide bonds. The Morgan fingerprint density at radius 2 is 1.62 bits per heavy atom. The monoisotopic (exact) mass is 287 g/mol. The Morgan fingerprint density at radius 3 is 2.14 bits per heavy atom. The molecule has 7 heteroatoms. The highest BCUT2D eigenvalue weighted by Crippen LogP contribution is 2.10. The van der Waals surface area contributed by atoms with Crippen molar-refractivity contribution in [3.63, 3.8) is 0 Å². The number of hydrogen-bond donors (Lipinski definition) is 5. The zero-order valence-electron chi connectivity index (χ0n) is 11.2. The Kier molecular flexibility index (Phi) is 6.23. The topological polar surface area (TPSA) is 136 Å². The number of amides is 3. The minimum Gasteiger partial charge on any atom is -0.399 e. The Bertz CT molecular complexity index is 601. The molecule has 0 unspecified atom stereocenters. The zero-order valence-corrected chi connectivity index (χ0v) is 11.2. The molecule has 0 atom stereocenters. The van der Waals surface area contributed by atoms with Crippen LogP contribution in [0.1, 0.15) is 10.4 Å². The maximum absolute atomic E-state index is 10.8. The van der Waals surface area contributed by atoms with Gasteiger partial charge in [-0.15, -0.1) is 0 Å². The molecule has 0 aliphatic carbocycles. The third kappa shape index (κ3) is 6.08. The van der Waals surface area contributed by atoms with Crippen molar-refractivity contribution in [2.45, 2.75) is 0 Å². The summed E-state index contributed by atoms with van der Waals surface area (Å²) in [5.41, 5.74) is 14.1. The Morgan fingerprint density at radius 1 is 0.952 bits per heavy atom. The first-order valence-corrected chi connectivity index (χ1v) is 6.01. The fourth-order valence-corrected chi connectivity index (χ4v) is 1.43. The third-order valence-electron chi connectivity index (χ3n) is 2.32. The van der Waals surface area contributed by atoms with Crippen molar-refractivity contribution in [1.82, 2.24) is 5.43 Å². The molecule has 21 heavy (non-hydrogen) atoms. The molecule has 110 valence electrons. The summed E-state index contributed by atoms with van der Waals surface area (Å²) in [6.07, 6.45) is 0. The summed E-state index contributed by atoms with van der Waals surface area (Å²) in [5, 5.41) is 2.40.